The van der Waals surface area contributed by atoms with E-state index in [1.807, 2.05) is 0 Å². The van der Waals surface area contributed by atoms with Crippen molar-refractivity contribution < 1.29 is 9.53 Å². The maximum Gasteiger partial charge on any atom is 0.322 e. The molecule has 2 nitrogen and oxygen atoms in total. The maximum absolute atomic E-state index is 11.2. The first-order valence-electron chi connectivity index (χ1n) is 2.90. The third-order valence-electron chi connectivity index (χ3n) is 0.868. The molecule has 2 atom stereocenters. The molecule has 8 heteroatoms. The van der Waals surface area contributed by atoms with Crippen LogP contribution in [-0.2, 0) is 9.53 Å². The monoisotopic (exact) mass is 526 g/mol. The highest BCUT2D eigenvalue weighted by atomic mass is 80.0. The van der Waals surface area contributed by atoms with Crippen LogP contribution < -0.4 is 0 Å². The SMILES string of the molecule is O=C(O[C@H](Cl)C(Br)(Br)Br)[C@@H](Br)CBr. The number of ether oxygens (including phenoxy) is 1. The normalized spacial score (nSPS) is 16.5. The summed E-state index contributed by atoms with van der Waals surface area (Å²) in [4.78, 5) is 10.8. The summed E-state index contributed by atoms with van der Waals surface area (Å²) in [6, 6.07) is 0. The van der Waals surface area contributed by atoms with E-state index in [4.69, 9.17) is 16.3 Å². The molecule has 0 saturated heterocycles. The number of esters is 1. The molecule has 0 aliphatic heterocycles. The van der Waals surface area contributed by atoms with Gasteiger partial charge < -0.3 is 4.74 Å². The van der Waals surface area contributed by atoms with Gasteiger partial charge in [0.1, 0.15) is 4.83 Å². The highest BCUT2D eigenvalue weighted by Crippen LogP contribution is 2.40. The van der Waals surface area contributed by atoms with E-state index in [9.17, 15) is 4.79 Å². The fourth-order valence-corrected chi connectivity index (χ4v) is 1.05. The fourth-order valence-electron chi connectivity index (χ4n) is 0.306. The molecule has 0 aromatic rings. The minimum Gasteiger partial charge on any atom is -0.442 e. The van der Waals surface area contributed by atoms with Crippen LogP contribution in [0.3, 0.4) is 0 Å². The van der Waals surface area contributed by atoms with Crippen LogP contribution in [0.4, 0.5) is 0 Å². The maximum atomic E-state index is 11.2. The molecular formula is C5H4Br5ClO2. The van der Waals surface area contributed by atoms with Crippen LogP contribution >= 0.6 is 91.3 Å². The Kier molecular flexibility index (Phi) is 7.79. The van der Waals surface area contributed by atoms with Gasteiger partial charge in [0.15, 0.2) is 2.14 Å². The molecule has 0 N–H and O–H groups in total. The predicted octanol–water partition coefficient (Wildman–Crippen LogP) is 4.09. The van der Waals surface area contributed by atoms with Gasteiger partial charge in [-0.1, -0.05) is 91.3 Å². The van der Waals surface area contributed by atoms with E-state index < -0.39 is 18.5 Å². The van der Waals surface area contributed by atoms with E-state index in [-0.39, 0.29) is 0 Å². The predicted molar refractivity (Wildman–Crippen MR) is 71.8 cm³/mol. The third-order valence-corrected chi connectivity index (χ3v) is 5.54. The van der Waals surface area contributed by atoms with Crippen molar-refractivity contribution in [3.63, 3.8) is 0 Å². The Morgan fingerprint density at radius 1 is 1.46 bits per heavy atom. The smallest absolute Gasteiger partial charge is 0.322 e. The zero-order valence-electron chi connectivity index (χ0n) is 5.95. The Morgan fingerprint density at radius 2 is 1.92 bits per heavy atom. The number of alkyl halides is 6. The van der Waals surface area contributed by atoms with Crippen molar-refractivity contribution in [2.75, 3.05) is 5.33 Å². The van der Waals surface area contributed by atoms with Gasteiger partial charge in [-0.3, -0.25) is 4.79 Å². The minimum atomic E-state index is -0.848. The highest BCUT2D eigenvalue weighted by Gasteiger charge is 2.33. The van der Waals surface area contributed by atoms with Crippen LogP contribution in [0.5, 0.6) is 0 Å². The van der Waals surface area contributed by atoms with Crippen LogP contribution in [0.2, 0.25) is 0 Å². The quantitative estimate of drug-likeness (QED) is 0.406. The summed E-state index contributed by atoms with van der Waals surface area (Å²) in [5.41, 5.74) is -0.848. The van der Waals surface area contributed by atoms with Crippen LogP contribution in [0.25, 0.3) is 0 Å². The molecule has 0 rings (SSSR count). The van der Waals surface area contributed by atoms with Crippen molar-refractivity contribution in [3.8, 4) is 0 Å². The fraction of sp³-hybridized carbons (Fsp3) is 0.800. The number of hydrogen-bond donors (Lipinski definition) is 0. The average molecular weight is 531 g/mol. The molecule has 0 fully saturated rings. The number of halogens is 6. The molecule has 0 aromatic heterocycles. The summed E-state index contributed by atoms with van der Waals surface area (Å²) >= 11 is 21.4. The molecule has 0 aliphatic carbocycles. The first-order chi connectivity index (χ1) is 5.79. The Hall–Kier alpha value is 2.16. The Morgan fingerprint density at radius 3 is 2.23 bits per heavy atom. The van der Waals surface area contributed by atoms with Gasteiger partial charge >= 0.3 is 5.97 Å². The molecule has 0 spiro atoms. The molecule has 0 bridgehead atoms. The van der Waals surface area contributed by atoms with E-state index in [0.717, 1.165) is 0 Å². The lowest BCUT2D eigenvalue weighted by molar-refractivity contribution is -0.143. The van der Waals surface area contributed by atoms with Crippen LogP contribution in [0, 0.1) is 0 Å². The number of rotatable bonds is 3. The Balaban J connectivity index is 4.07. The summed E-state index contributed by atoms with van der Waals surface area (Å²) in [6.07, 6.45) is 0. The largest absolute Gasteiger partial charge is 0.442 e. The van der Waals surface area contributed by atoms with E-state index in [1.54, 1.807) is 0 Å². The number of carbonyl (C=O) groups is 1. The second kappa shape index (κ2) is 6.68. The highest BCUT2D eigenvalue weighted by molar-refractivity contribution is 9.39. The lowest BCUT2D eigenvalue weighted by Crippen LogP contribution is -2.29. The summed E-state index contributed by atoms with van der Waals surface area (Å²) in [7, 11) is 0. The van der Waals surface area contributed by atoms with Crippen molar-refractivity contribution in [2.24, 2.45) is 0 Å². The van der Waals surface area contributed by atoms with Gasteiger partial charge in [-0.15, -0.1) is 0 Å². The van der Waals surface area contributed by atoms with Crippen LogP contribution in [0.1, 0.15) is 0 Å². The zero-order valence-corrected chi connectivity index (χ0v) is 14.6. The van der Waals surface area contributed by atoms with Gasteiger partial charge in [-0.05, 0) is 0 Å². The lowest BCUT2D eigenvalue weighted by Gasteiger charge is -2.20. The Labute approximate surface area is 123 Å². The third kappa shape index (κ3) is 6.35. The molecule has 78 valence electrons. The van der Waals surface area contributed by atoms with Crippen molar-refractivity contribution in [2.45, 2.75) is 12.5 Å². The van der Waals surface area contributed by atoms with Gasteiger partial charge in [0.2, 0.25) is 5.56 Å². The van der Waals surface area contributed by atoms with E-state index in [2.05, 4.69) is 79.6 Å². The minimum absolute atomic E-state index is 0.399. The molecule has 0 aliphatic rings. The van der Waals surface area contributed by atoms with Crippen molar-refractivity contribution >= 4 is 97.2 Å². The summed E-state index contributed by atoms with van der Waals surface area (Å²) in [6.45, 7) is 0. The van der Waals surface area contributed by atoms with E-state index in [1.165, 1.54) is 0 Å². The van der Waals surface area contributed by atoms with Gasteiger partial charge in [-0.2, -0.15) is 0 Å². The number of carbonyl (C=O) groups excluding carboxylic acids is 1. The molecule has 0 amide bonds. The van der Waals surface area contributed by atoms with Crippen molar-refractivity contribution in [1.29, 1.82) is 0 Å². The molecule has 0 heterocycles. The summed E-state index contributed by atoms with van der Waals surface area (Å²) in [5.74, 6) is -0.431. The molecule has 13 heavy (non-hydrogen) atoms. The van der Waals surface area contributed by atoms with Crippen molar-refractivity contribution in [1.82, 2.24) is 0 Å². The van der Waals surface area contributed by atoms with E-state index in [0.29, 0.717) is 5.33 Å². The average Bonchev–Trinajstić information content (AvgIpc) is 2.01. The van der Waals surface area contributed by atoms with Crippen LogP contribution in [-0.4, -0.2) is 23.8 Å². The van der Waals surface area contributed by atoms with Gasteiger partial charge in [0.25, 0.3) is 0 Å². The lowest BCUT2D eigenvalue weighted by atomic mass is 10.5. The van der Waals surface area contributed by atoms with Gasteiger partial charge in [0.05, 0.1) is 0 Å². The molecule has 0 aromatic carbocycles. The standard InChI is InChI=1S/C5H4Br5ClO2/c6-1-2(7)3(12)13-4(11)5(8,9)10/h2,4H,1H2/t2-,4-/m0/s1. The van der Waals surface area contributed by atoms with Crippen LogP contribution in [0.15, 0.2) is 0 Å². The molecule has 0 radical (unpaired) electrons. The second-order valence-electron chi connectivity index (χ2n) is 1.92. The summed E-state index contributed by atoms with van der Waals surface area (Å²) < 4.78 is 4.07. The molecular weight excluding hydrogens is 527 g/mol. The molecule has 0 saturated carbocycles. The van der Waals surface area contributed by atoms with E-state index >= 15 is 0 Å². The zero-order chi connectivity index (χ0) is 10.6. The summed E-state index contributed by atoms with van der Waals surface area (Å²) in [5, 5.41) is 0.468. The van der Waals surface area contributed by atoms with Gasteiger partial charge in [-0.25, -0.2) is 0 Å². The Bertz CT molecular complexity index is 182. The first-order valence-corrected chi connectivity index (χ1v) is 7.75. The van der Waals surface area contributed by atoms with Crippen molar-refractivity contribution in [3.05, 3.63) is 0 Å². The second-order valence-corrected chi connectivity index (χ2v) is 11.0. The topological polar surface area (TPSA) is 26.3 Å². The molecule has 0 unspecified atom stereocenters. The first kappa shape index (κ1) is 15.2. The van der Waals surface area contributed by atoms with Gasteiger partial charge in [0, 0.05) is 5.33 Å². The number of hydrogen-bond acceptors (Lipinski definition) is 2.